The lowest BCUT2D eigenvalue weighted by Crippen LogP contribution is -2.42. The Morgan fingerprint density at radius 3 is 2.67 bits per heavy atom. The molecule has 0 spiro atoms. The molecule has 84 valence electrons. The van der Waals surface area contributed by atoms with Gasteiger partial charge in [-0.15, -0.1) is 11.6 Å². The minimum absolute atomic E-state index is 0.0469. The second-order valence-electron chi connectivity index (χ2n) is 4.39. The van der Waals surface area contributed by atoms with Crippen molar-refractivity contribution < 1.29 is 0 Å². The van der Waals surface area contributed by atoms with E-state index in [1.807, 2.05) is 0 Å². The van der Waals surface area contributed by atoms with E-state index in [1.54, 1.807) is 0 Å². The Labute approximate surface area is 97.8 Å². The van der Waals surface area contributed by atoms with Crippen molar-refractivity contribution in [2.75, 3.05) is 5.88 Å². The molecule has 1 unspecified atom stereocenters. The fourth-order valence-electron chi connectivity index (χ4n) is 1.40. The van der Waals surface area contributed by atoms with E-state index in [0.29, 0.717) is 5.88 Å². The maximum absolute atomic E-state index is 5.94. The zero-order chi connectivity index (χ0) is 11.3. The molecule has 1 aromatic rings. The molecule has 0 heterocycles. The predicted octanol–water partition coefficient (Wildman–Crippen LogP) is 3.49. The summed E-state index contributed by atoms with van der Waals surface area (Å²) in [6.07, 6.45) is 1.04. The zero-order valence-corrected chi connectivity index (χ0v) is 10.6. The minimum atomic E-state index is 0.0469. The van der Waals surface area contributed by atoms with E-state index < -0.39 is 0 Å². The fourth-order valence-corrected chi connectivity index (χ4v) is 1.69. The van der Waals surface area contributed by atoms with Crippen LogP contribution < -0.4 is 5.32 Å². The molecule has 0 saturated heterocycles. The number of alkyl halides is 1. The van der Waals surface area contributed by atoms with Crippen molar-refractivity contribution in [3.8, 4) is 0 Å². The Balaban J connectivity index is 2.56. The van der Waals surface area contributed by atoms with Crippen LogP contribution in [0.1, 0.15) is 31.4 Å². The molecular weight excluding hydrogens is 206 g/mol. The highest BCUT2D eigenvalue weighted by Gasteiger charge is 2.19. The van der Waals surface area contributed by atoms with Gasteiger partial charge >= 0.3 is 0 Å². The third kappa shape index (κ3) is 3.84. The lowest BCUT2D eigenvalue weighted by atomic mass is 10.0. The van der Waals surface area contributed by atoms with Gasteiger partial charge in [-0.1, -0.05) is 36.8 Å². The van der Waals surface area contributed by atoms with Gasteiger partial charge < -0.3 is 5.32 Å². The van der Waals surface area contributed by atoms with Crippen LogP contribution in [0.4, 0.5) is 0 Å². The predicted molar refractivity (Wildman–Crippen MR) is 67.4 cm³/mol. The van der Waals surface area contributed by atoms with Gasteiger partial charge in [0.15, 0.2) is 0 Å². The van der Waals surface area contributed by atoms with E-state index in [1.165, 1.54) is 11.1 Å². The van der Waals surface area contributed by atoms with Crippen LogP contribution in [0.2, 0.25) is 0 Å². The first-order chi connectivity index (χ1) is 7.09. The van der Waals surface area contributed by atoms with E-state index in [-0.39, 0.29) is 5.54 Å². The molecule has 0 aromatic heterocycles. The van der Waals surface area contributed by atoms with Gasteiger partial charge in [0.25, 0.3) is 0 Å². The standard InChI is InChI=1S/C13H20ClN/c1-4-13(3,10-14)15-9-12-7-5-6-11(2)8-12/h5-8,15H,4,9-10H2,1-3H3. The van der Waals surface area contributed by atoms with Gasteiger partial charge in [-0.25, -0.2) is 0 Å². The molecule has 1 aromatic carbocycles. The molecule has 0 aliphatic carbocycles. The third-order valence-corrected chi connectivity index (χ3v) is 3.47. The van der Waals surface area contributed by atoms with E-state index in [4.69, 9.17) is 11.6 Å². The molecule has 2 heteroatoms. The molecule has 15 heavy (non-hydrogen) atoms. The molecule has 0 aliphatic rings. The van der Waals surface area contributed by atoms with Crippen molar-refractivity contribution in [2.45, 2.75) is 39.3 Å². The average Bonchev–Trinajstić information content (AvgIpc) is 2.26. The summed E-state index contributed by atoms with van der Waals surface area (Å²) >= 11 is 5.94. The third-order valence-electron chi connectivity index (χ3n) is 2.88. The summed E-state index contributed by atoms with van der Waals surface area (Å²) in [5.74, 6) is 0.648. The molecule has 0 radical (unpaired) electrons. The molecule has 0 saturated carbocycles. The average molecular weight is 226 g/mol. The van der Waals surface area contributed by atoms with Gasteiger partial charge in [-0.05, 0) is 25.8 Å². The monoisotopic (exact) mass is 225 g/mol. The maximum Gasteiger partial charge on any atom is 0.0403 e. The number of rotatable bonds is 5. The normalized spacial score (nSPS) is 14.9. The number of hydrogen-bond acceptors (Lipinski definition) is 1. The van der Waals surface area contributed by atoms with Crippen molar-refractivity contribution in [2.24, 2.45) is 0 Å². The molecule has 1 N–H and O–H groups in total. The highest BCUT2D eigenvalue weighted by atomic mass is 35.5. The van der Waals surface area contributed by atoms with Crippen molar-refractivity contribution in [3.63, 3.8) is 0 Å². The SMILES string of the molecule is CCC(C)(CCl)NCc1cccc(C)c1. The Morgan fingerprint density at radius 2 is 2.13 bits per heavy atom. The summed E-state index contributed by atoms with van der Waals surface area (Å²) in [7, 11) is 0. The fraction of sp³-hybridized carbons (Fsp3) is 0.538. The van der Waals surface area contributed by atoms with Gasteiger partial charge in [-0.2, -0.15) is 0 Å². The number of hydrogen-bond donors (Lipinski definition) is 1. The summed E-state index contributed by atoms with van der Waals surface area (Å²) in [5, 5.41) is 3.51. The molecular formula is C13H20ClN. The van der Waals surface area contributed by atoms with E-state index >= 15 is 0 Å². The van der Waals surface area contributed by atoms with Gasteiger partial charge in [0.1, 0.15) is 0 Å². The van der Waals surface area contributed by atoms with Crippen molar-refractivity contribution in [1.82, 2.24) is 5.32 Å². The van der Waals surface area contributed by atoms with Crippen LogP contribution in [0, 0.1) is 6.92 Å². The molecule has 0 fully saturated rings. The first-order valence-electron chi connectivity index (χ1n) is 5.46. The molecule has 0 bridgehead atoms. The smallest absolute Gasteiger partial charge is 0.0403 e. The van der Waals surface area contributed by atoms with Crippen LogP contribution in [-0.2, 0) is 6.54 Å². The first kappa shape index (κ1) is 12.5. The molecule has 0 amide bonds. The topological polar surface area (TPSA) is 12.0 Å². The Kier molecular flexibility index (Phi) is 4.62. The number of aryl methyl sites for hydroxylation is 1. The van der Waals surface area contributed by atoms with Crippen LogP contribution in [0.5, 0.6) is 0 Å². The van der Waals surface area contributed by atoms with Crippen LogP contribution in [-0.4, -0.2) is 11.4 Å². The quantitative estimate of drug-likeness (QED) is 0.757. The number of halogens is 1. The lowest BCUT2D eigenvalue weighted by Gasteiger charge is -2.27. The zero-order valence-electron chi connectivity index (χ0n) is 9.81. The van der Waals surface area contributed by atoms with Gasteiger partial charge in [0.2, 0.25) is 0 Å². The molecule has 1 nitrogen and oxygen atoms in total. The van der Waals surface area contributed by atoms with Crippen LogP contribution in [0.25, 0.3) is 0 Å². The van der Waals surface area contributed by atoms with Crippen LogP contribution >= 0.6 is 11.6 Å². The van der Waals surface area contributed by atoms with Crippen molar-refractivity contribution in [1.29, 1.82) is 0 Å². The first-order valence-corrected chi connectivity index (χ1v) is 5.99. The van der Waals surface area contributed by atoms with Gasteiger partial charge in [0.05, 0.1) is 0 Å². The Hall–Kier alpha value is -0.530. The highest BCUT2D eigenvalue weighted by molar-refractivity contribution is 6.18. The highest BCUT2D eigenvalue weighted by Crippen LogP contribution is 2.13. The Morgan fingerprint density at radius 1 is 1.40 bits per heavy atom. The lowest BCUT2D eigenvalue weighted by molar-refractivity contribution is 0.379. The van der Waals surface area contributed by atoms with Crippen LogP contribution in [0.15, 0.2) is 24.3 Å². The van der Waals surface area contributed by atoms with Gasteiger partial charge in [0, 0.05) is 18.0 Å². The van der Waals surface area contributed by atoms with E-state index in [0.717, 1.165) is 13.0 Å². The van der Waals surface area contributed by atoms with Gasteiger partial charge in [-0.3, -0.25) is 0 Å². The van der Waals surface area contributed by atoms with E-state index in [2.05, 4.69) is 50.4 Å². The summed E-state index contributed by atoms with van der Waals surface area (Å²) in [6.45, 7) is 7.32. The Bertz CT molecular complexity index is 305. The maximum atomic E-state index is 5.94. The molecule has 1 rings (SSSR count). The minimum Gasteiger partial charge on any atom is -0.306 e. The number of benzene rings is 1. The summed E-state index contributed by atoms with van der Waals surface area (Å²) in [4.78, 5) is 0. The second kappa shape index (κ2) is 5.53. The largest absolute Gasteiger partial charge is 0.306 e. The molecule has 0 aliphatic heterocycles. The second-order valence-corrected chi connectivity index (χ2v) is 4.66. The molecule has 1 atom stereocenters. The summed E-state index contributed by atoms with van der Waals surface area (Å²) in [6, 6.07) is 8.56. The van der Waals surface area contributed by atoms with Crippen LogP contribution in [0.3, 0.4) is 0 Å². The summed E-state index contributed by atoms with van der Waals surface area (Å²) < 4.78 is 0. The summed E-state index contributed by atoms with van der Waals surface area (Å²) in [5.41, 5.74) is 2.67. The van der Waals surface area contributed by atoms with E-state index in [9.17, 15) is 0 Å². The number of nitrogens with one attached hydrogen (secondary N) is 1. The van der Waals surface area contributed by atoms with Crippen molar-refractivity contribution >= 4 is 11.6 Å². The van der Waals surface area contributed by atoms with Crippen molar-refractivity contribution in [3.05, 3.63) is 35.4 Å².